The van der Waals surface area contributed by atoms with E-state index in [2.05, 4.69) is 10.3 Å². The first-order valence-corrected chi connectivity index (χ1v) is 7.69. The molecule has 1 aliphatic rings. The number of ether oxygens (including phenoxy) is 1. The Labute approximate surface area is 125 Å². The Morgan fingerprint density at radius 1 is 1.43 bits per heavy atom. The van der Waals surface area contributed by atoms with Crippen molar-refractivity contribution in [2.45, 2.75) is 52.1 Å². The van der Waals surface area contributed by atoms with E-state index in [0.717, 1.165) is 50.0 Å². The zero-order chi connectivity index (χ0) is 15.2. The summed E-state index contributed by atoms with van der Waals surface area (Å²) in [7, 11) is 0. The maximum absolute atomic E-state index is 11.3. The average molecular weight is 292 g/mol. The molecular weight excluding hydrogens is 268 g/mol. The van der Waals surface area contributed by atoms with Crippen LogP contribution in [0.3, 0.4) is 0 Å². The smallest absolute Gasteiger partial charge is 0.339 e. The van der Waals surface area contributed by atoms with Gasteiger partial charge in [0.15, 0.2) is 0 Å². The zero-order valence-corrected chi connectivity index (χ0v) is 12.8. The summed E-state index contributed by atoms with van der Waals surface area (Å²) in [5.74, 6) is -0.407. The molecule has 0 bridgehead atoms. The number of anilines is 1. The number of hydrogen-bond acceptors (Lipinski definition) is 4. The van der Waals surface area contributed by atoms with Gasteiger partial charge in [-0.2, -0.15) is 0 Å². The number of unbranched alkanes of at least 4 members (excludes halogenated alkanes) is 1. The van der Waals surface area contributed by atoms with Gasteiger partial charge >= 0.3 is 5.97 Å². The molecule has 0 amide bonds. The van der Waals surface area contributed by atoms with Gasteiger partial charge in [0.25, 0.3) is 0 Å². The Balaban J connectivity index is 1.89. The van der Waals surface area contributed by atoms with Gasteiger partial charge in [-0.25, -0.2) is 9.78 Å². The molecule has 0 unspecified atom stereocenters. The lowest BCUT2D eigenvalue weighted by Gasteiger charge is -2.11. The van der Waals surface area contributed by atoms with Crippen molar-refractivity contribution in [2.24, 2.45) is 0 Å². The fraction of sp³-hybridized carbons (Fsp3) is 0.625. The Kier molecular flexibility index (Phi) is 5.56. The second kappa shape index (κ2) is 7.41. The predicted molar refractivity (Wildman–Crippen MR) is 82.0 cm³/mol. The van der Waals surface area contributed by atoms with Gasteiger partial charge in [0, 0.05) is 18.8 Å². The maximum atomic E-state index is 11.3. The van der Waals surface area contributed by atoms with Gasteiger partial charge in [-0.15, -0.1) is 0 Å². The second-order valence-corrected chi connectivity index (χ2v) is 5.70. The SMILES string of the molecule is CC(C)OCCCCNc1nc2c(cc1C(=O)O)CCC2. The second-order valence-electron chi connectivity index (χ2n) is 5.70. The fourth-order valence-corrected chi connectivity index (χ4v) is 2.52. The molecular formula is C16H24N2O3. The van der Waals surface area contributed by atoms with Gasteiger partial charge in [0.1, 0.15) is 11.4 Å². The van der Waals surface area contributed by atoms with E-state index in [1.165, 1.54) is 0 Å². The molecule has 2 rings (SSSR count). The van der Waals surface area contributed by atoms with Gasteiger partial charge in [-0.3, -0.25) is 0 Å². The molecule has 0 saturated carbocycles. The first-order valence-electron chi connectivity index (χ1n) is 7.69. The van der Waals surface area contributed by atoms with Crippen LogP contribution < -0.4 is 5.32 Å². The van der Waals surface area contributed by atoms with Crippen molar-refractivity contribution in [3.63, 3.8) is 0 Å². The maximum Gasteiger partial charge on any atom is 0.339 e. The van der Waals surface area contributed by atoms with Gasteiger partial charge in [0.2, 0.25) is 0 Å². The normalized spacial score (nSPS) is 13.5. The van der Waals surface area contributed by atoms with Crippen LogP contribution in [0.4, 0.5) is 5.82 Å². The molecule has 116 valence electrons. The number of aryl methyl sites for hydroxylation is 2. The van der Waals surface area contributed by atoms with E-state index < -0.39 is 5.97 Å². The van der Waals surface area contributed by atoms with Crippen LogP contribution in [0.15, 0.2) is 6.07 Å². The lowest BCUT2D eigenvalue weighted by Crippen LogP contribution is -2.12. The highest BCUT2D eigenvalue weighted by atomic mass is 16.5. The number of aromatic nitrogens is 1. The summed E-state index contributed by atoms with van der Waals surface area (Å²) in [6, 6.07) is 1.78. The molecule has 0 spiro atoms. The Morgan fingerprint density at radius 3 is 2.95 bits per heavy atom. The third-order valence-electron chi connectivity index (χ3n) is 3.60. The molecule has 0 aliphatic heterocycles. The Bertz CT molecular complexity index is 501. The largest absolute Gasteiger partial charge is 0.478 e. The van der Waals surface area contributed by atoms with E-state index in [9.17, 15) is 9.90 Å². The minimum atomic E-state index is -0.914. The molecule has 0 aromatic carbocycles. The summed E-state index contributed by atoms with van der Waals surface area (Å²) in [5.41, 5.74) is 2.42. The summed E-state index contributed by atoms with van der Waals surface area (Å²) >= 11 is 0. The van der Waals surface area contributed by atoms with E-state index in [0.29, 0.717) is 12.4 Å². The van der Waals surface area contributed by atoms with Crippen LogP contribution >= 0.6 is 0 Å². The highest BCUT2D eigenvalue weighted by Crippen LogP contribution is 2.25. The monoisotopic (exact) mass is 292 g/mol. The summed E-state index contributed by atoms with van der Waals surface area (Å²) in [6.07, 6.45) is 5.11. The Morgan fingerprint density at radius 2 is 2.24 bits per heavy atom. The van der Waals surface area contributed by atoms with Crippen LogP contribution in [-0.2, 0) is 17.6 Å². The van der Waals surface area contributed by atoms with E-state index in [4.69, 9.17) is 4.74 Å². The van der Waals surface area contributed by atoms with Crippen molar-refractivity contribution in [2.75, 3.05) is 18.5 Å². The molecule has 1 heterocycles. The number of fused-ring (bicyclic) bond motifs is 1. The van der Waals surface area contributed by atoms with Gasteiger partial charge in [0.05, 0.1) is 6.10 Å². The molecule has 0 saturated heterocycles. The van der Waals surface area contributed by atoms with E-state index in [-0.39, 0.29) is 11.7 Å². The zero-order valence-electron chi connectivity index (χ0n) is 12.8. The lowest BCUT2D eigenvalue weighted by molar-refractivity contribution is 0.0696. The predicted octanol–water partition coefficient (Wildman–Crippen LogP) is 2.89. The summed E-state index contributed by atoms with van der Waals surface area (Å²) in [6.45, 7) is 5.49. The van der Waals surface area contributed by atoms with Crippen molar-refractivity contribution in [3.8, 4) is 0 Å². The highest BCUT2D eigenvalue weighted by Gasteiger charge is 2.19. The van der Waals surface area contributed by atoms with Crippen molar-refractivity contribution >= 4 is 11.8 Å². The number of carboxylic acid groups (broad SMARTS) is 1. The van der Waals surface area contributed by atoms with Crippen LogP contribution in [-0.4, -0.2) is 35.3 Å². The van der Waals surface area contributed by atoms with E-state index in [1.807, 2.05) is 13.8 Å². The molecule has 5 heteroatoms. The molecule has 0 radical (unpaired) electrons. The number of nitrogens with one attached hydrogen (secondary N) is 1. The van der Waals surface area contributed by atoms with Crippen LogP contribution in [0.5, 0.6) is 0 Å². The number of pyridine rings is 1. The molecule has 2 N–H and O–H groups in total. The molecule has 5 nitrogen and oxygen atoms in total. The number of rotatable bonds is 8. The molecule has 1 aliphatic carbocycles. The fourth-order valence-electron chi connectivity index (χ4n) is 2.52. The molecule has 0 atom stereocenters. The topological polar surface area (TPSA) is 71.5 Å². The summed E-state index contributed by atoms with van der Waals surface area (Å²) in [5, 5.41) is 12.5. The van der Waals surface area contributed by atoms with E-state index >= 15 is 0 Å². The summed E-state index contributed by atoms with van der Waals surface area (Å²) in [4.78, 5) is 15.8. The first-order chi connectivity index (χ1) is 10.1. The van der Waals surface area contributed by atoms with Gasteiger partial charge in [-0.1, -0.05) is 0 Å². The van der Waals surface area contributed by atoms with E-state index in [1.54, 1.807) is 6.07 Å². The van der Waals surface area contributed by atoms with Crippen LogP contribution in [0.25, 0.3) is 0 Å². The van der Waals surface area contributed by atoms with Crippen LogP contribution in [0.1, 0.15) is 54.7 Å². The molecule has 21 heavy (non-hydrogen) atoms. The van der Waals surface area contributed by atoms with Gasteiger partial charge < -0.3 is 15.2 Å². The lowest BCUT2D eigenvalue weighted by atomic mass is 10.1. The third-order valence-corrected chi connectivity index (χ3v) is 3.60. The molecule has 1 aromatic rings. The quantitative estimate of drug-likeness (QED) is 0.721. The van der Waals surface area contributed by atoms with Crippen molar-refractivity contribution in [3.05, 3.63) is 22.9 Å². The third kappa shape index (κ3) is 4.43. The Hall–Kier alpha value is -1.62. The number of carbonyl (C=O) groups is 1. The number of aromatic carboxylic acids is 1. The highest BCUT2D eigenvalue weighted by molar-refractivity contribution is 5.93. The standard InChI is InChI=1S/C16H24N2O3/c1-11(2)21-9-4-3-8-17-15-13(16(19)20)10-12-6-5-7-14(12)18-15/h10-11H,3-9H2,1-2H3,(H,17,18)(H,19,20). The molecule has 1 aromatic heterocycles. The van der Waals surface area contributed by atoms with Crippen LogP contribution in [0, 0.1) is 0 Å². The average Bonchev–Trinajstić information content (AvgIpc) is 2.88. The minimum absolute atomic E-state index is 0.259. The van der Waals surface area contributed by atoms with Gasteiger partial charge in [-0.05, 0) is 57.6 Å². The number of hydrogen-bond donors (Lipinski definition) is 2. The summed E-state index contributed by atoms with van der Waals surface area (Å²) < 4.78 is 5.48. The number of carboxylic acids is 1. The van der Waals surface area contributed by atoms with Crippen molar-refractivity contribution < 1.29 is 14.6 Å². The molecule has 0 fully saturated rings. The van der Waals surface area contributed by atoms with Crippen molar-refractivity contribution in [1.82, 2.24) is 4.98 Å². The number of nitrogens with zero attached hydrogens (tertiary/aromatic N) is 1. The minimum Gasteiger partial charge on any atom is -0.478 e. The van der Waals surface area contributed by atoms with Crippen LogP contribution in [0.2, 0.25) is 0 Å². The van der Waals surface area contributed by atoms with Crippen molar-refractivity contribution in [1.29, 1.82) is 0 Å². The first kappa shape index (κ1) is 15.8.